The molecule has 0 saturated carbocycles. The molecule has 0 fully saturated rings. The second-order valence-electron chi connectivity index (χ2n) is 8.07. The van der Waals surface area contributed by atoms with Gasteiger partial charge in [-0.25, -0.2) is 0 Å². The van der Waals surface area contributed by atoms with E-state index >= 15 is 0 Å². The Morgan fingerprint density at radius 1 is 1.09 bits per heavy atom. The van der Waals surface area contributed by atoms with E-state index < -0.39 is 0 Å². The van der Waals surface area contributed by atoms with Crippen molar-refractivity contribution in [1.29, 1.82) is 0 Å². The molecule has 1 amide bonds. The van der Waals surface area contributed by atoms with E-state index in [1.54, 1.807) is 0 Å². The van der Waals surface area contributed by atoms with Crippen molar-refractivity contribution in [3.8, 4) is 11.5 Å². The molecule has 0 aliphatic carbocycles. The maximum absolute atomic E-state index is 12.9. The monoisotopic (exact) mass is 430 g/mol. The predicted molar refractivity (Wildman–Crippen MR) is 127 cm³/mol. The van der Waals surface area contributed by atoms with Crippen LogP contribution in [-0.4, -0.2) is 25.2 Å². The fourth-order valence-corrected chi connectivity index (χ4v) is 4.04. The zero-order chi connectivity index (χ0) is 22.3. The molecule has 3 aromatic rings. The first-order valence-corrected chi connectivity index (χ1v) is 11.2. The second-order valence-corrected chi connectivity index (χ2v) is 8.07. The number of nitrogens with zero attached hydrogens (tertiary/aromatic N) is 1. The molecule has 166 valence electrons. The molecule has 1 unspecified atom stereocenters. The number of para-hydroxylation sites is 1. The normalized spacial score (nSPS) is 14.9. The molecule has 1 N–H and O–H groups in total. The van der Waals surface area contributed by atoms with E-state index in [0.717, 1.165) is 34.9 Å². The highest BCUT2D eigenvalue weighted by Crippen LogP contribution is 2.36. The van der Waals surface area contributed by atoms with Crippen LogP contribution in [0.2, 0.25) is 0 Å². The summed E-state index contributed by atoms with van der Waals surface area (Å²) in [7, 11) is 0. The van der Waals surface area contributed by atoms with Gasteiger partial charge in [-0.3, -0.25) is 4.79 Å². The molecule has 1 atom stereocenters. The zero-order valence-electron chi connectivity index (χ0n) is 18.7. The van der Waals surface area contributed by atoms with Crippen molar-refractivity contribution in [3.05, 3.63) is 89.5 Å². The summed E-state index contributed by atoms with van der Waals surface area (Å²) in [4.78, 5) is 15.2. The summed E-state index contributed by atoms with van der Waals surface area (Å²) in [5.74, 6) is 1.69. The first kappa shape index (κ1) is 21.8. The Morgan fingerprint density at radius 2 is 1.88 bits per heavy atom. The number of carbonyl (C=O) groups is 1. The lowest BCUT2D eigenvalue weighted by Crippen LogP contribution is -2.45. The quantitative estimate of drug-likeness (QED) is 0.554. The second kappa shape index (κ2) is 10.2. The average Bonchev–Trinajstić information content (AvgIpc) is 2.81. The molecular formula is C27H30N2O3. The number of rotatable bonds is 8. The molecule has 5 nitrogen and oxygen atoms in total. The Kier molecular flexibility index (Phi) is 6.95. The van der Waals surface area contributed by atoms with Crippen molar-refractivity contribution < 1.29 is 14.3 Å². The molecule has 0 spiro atoms. The van der Waals surface area contributed by atoms with Gasteiger partial charge in [-0.2, -0.15) is 0 Å². The fourth-order valence-electron chi connectivity index (χ4n) is 4.04. The minimum atomic E-state index is -0.0486. The number of benzene rings is 3. The highest BCUT2D eigenvalue weighted by atomic mass is 16.5. The smallest absolute Gasteiger partial charge is 0.222 e. The third-order valence-electron chi connectivity index (χ3n) is 5.66. The van der Waals surface area contributed by atoms with Crippen molar-refractivity contribution in [2.75, 3.05) is 18.1 Å². The number of fused-ring (bicyclic) bond motifs is 1. The minimum absolute atomic E-state index is 0.00137. The van der Waals surface area contributed by atoms with Gasteiger partial charge >= 0.3 is 0 Å². The van der Waals surface area contributed by atoms with Gasteiger partial charge < -0.3 is 19.7 Å². The van der Waals surface area contributed by atoms with Crippen molar-refractivity contribution in [1.82, 2.24) is 5.32 Å². The summed E-state index contributed by atoms with van der Waals surface area (Å²) < 4.78 is 11.7. The van der Waals surface area contributed by atoms with Gasteiger partial charge in [-0.05, 0) is 43.2 Å². The molecular weight excluding hydrogens is 400 g/mol. The largest absolute Gasteiger partial charge is 0.494 e. The lowest BCUT2D eigenvalue weighted by molar-refractivity contribution is -0.121. The van der Waals surface area contributed by atoms with Crippen molar-refractivity contribution in [3.63, 3.8) is 0 Å². The van der Waals surface area contributed by atoms with E-state index in [1.165, 1.54) is 5.56 Å². The van der Waals surface area contributed by atoms with Crippen LogP contribution in [0.15, 0.2) is 72.8 Å². The molecule has 0 radical (unpaired) electrons. The molecule has 1 aliphatic heterocycles. The SMILES string of the molecule is CCOc1ccccc1CNC(=O)CC1COc2cc(C)ccc2N1Cc1ccccc1. The van der Waals surface area contributed by atoms with Crippen LogP contribution >= 0.6 is 0 Å². The molecule has 32 heavy (non-hydrogen) atoms. The summed E-state index contributed by atoms with van der Waals surface area (Å²) in [5, 5.41) is 3.06. The summed E-state index contributed by atoms with van der Waals surface area (Å²) in [6.07, 6.45) is 0.358. The van der Waals surface area contributed by atoms with Gasteiger partial charge in [-0.15, -0.1) is 0 Å². The van der Waals surface area contributed by atoms with E-state index in [4.69, 9.17) is 9.47 Å². The number of ether oxygens (including phenoxy) is 2. The van der Waals surface area contributed by atoms with Crippen molar-refractivity contribution in [2.24, 2.45) is 0 Å². The number of hydrogen-bond donors (Lipinski definition) is 1. The van der Waals surface area contributed by atoms with Crippen LogP contribution in [0.3, 0.4) is 0 Å². The molecule has 4 rings (SSSR count). The first-order chi connectivity index (χ1) is 15.6. The van der Waals surface area contributed by atoms with E-state index in [9.17, 15) is 4.79 Å². The van der Waals surface area contributed by atoms with Gasteiger partial charge in [0.05, 0.1) is 24.8 Å². The van der Waals surface area contributed by atoms with Gasteiger partial charge in [0.1, 0.15) is 18.1 Å². The minimum Gasteiger partial charge on any atom is -0.494 e. The predicted octanol–water partition coefficient (Wildman–Crippen LogP) is 4.87. The van der Waals surface area contributed by atoms with Crippen molar-refractivity contribution in [2.45, 2.75) is 39.4 Å². The van der Waals surface area contributed by atoms with Crippen LogP contribution in [-0.2, 0) is 17.9 Å². The Bertz CT molecular complexity index is 1050. The number of carbonyl (C=O) groups excluding carboxylic acids is 1. The lowest BCUT2D eigenvalue weighted by Gasteiger charge is -2.38. The van der Waals surface area contributed by atoms with Gasteiger partial charge in [0.15, 0.2) is 0 Å². The molecule has 1 heterocycles. The fraction of sp³-hybridized carbons (Fsp3) is 0.296. The Labute approximate surface area is 190 Å². The number of nitrogens with one attached hydrogen (secondary N) is 1. The van der Waals surface area contributed by atoms with Gasteiger partial charge in [0.25, 0.3) is 0 Å². The Morgan fingerprint density at radius 3 is 2.69 bits per heavy atom. The van der Waals surface area contributed by atoms with E-state index in [-0.39, 0.29) is 11.9 Å². The first-order valence-electron chi connectivity index (χ1n) is 11.2. The Balaban J connectivity index is 1.47. The Hall–Kier alpha value is -3.47. The highest BCUT2D eigenvalue weighted by molar-refractivity contribution is 5.78. The maximum Gasteiger partial charge on any atom is 0.222 e. The van der Waals surface area contributed by atoms with Gasteiger partial charge in [0, 0.05) is 18.7 Å². The molecule has 0 saturated heterocycles. The van der Waals surface area contributed by atoms with Gasteiger partial charge in [0.2, 0.25) is 5.91 Å². The molecule has 5 heteroatoms. The van der Waals surface area contributed by atoms with Crippen LogP contribution in [0, 0.1) is 6.92 Å². The number of anilines is 1. The average molecular weight is 431 g/mol. The number of aryl methyl sites for hydroxylation is 1. The third-order valence-corrected chi connectivity index (χ3v) is 5.66. The summed E-state index contributed by atoms with van der Waals surface area (Å²) in [5.41, 5.74) is 4.37. The summed E-state index contributed by atoms with van der Waals surface area (Å²) in [6, 6.07) is 24.4. The summed E-state index contributed by atoms with van der Waals surface area (Å²) >= 11 is 0. The van der Waals surface area contributed by atoms with Crippen LogP contribution in [0.4, 0.5) is 5.69 Å². The number of amides is 1. The molecule has 0 bridgehead atoms. The molecule has 0 aromatic heterocycles. The third kappa shape index (κ3) is 5.22. The van der Waals surface area contributed by atoms with Crippen LogP contribution in [0.1, 0.15) is 30.0 Å². The maximum atomic E-state index is 12.9. The summed E-state index contributed by atoms with van der Waals surface area (Å²) in [6.45, 7) is 6.26. The van der Waals surface area contributed by atoms with Crippen LogP contribution in [0.25, 0.3) is 0 Å². The number of hydrogen-bond acceptors (Lipinski definition) is 4. The van der Waals surface area contributed by atoms with Crippen molar-refractivity contribution >= 4 is 11.6 Å². The highest BCUT2D eigenvalue weighted by Gasteiger charge is 2.29. The zero-order valence-corrected chi connectivity index (χ0v) is 18.7. The van der Waals surface area contributed by atoms with E-state index in [0.29, 0.717) is 26.2 Å². The van der Waals surface area contributed by atoms with Gasteiger partial charge in [-0.1, -0.05) is 54.6 Å². The van der Waals surface area contributed by atoms with Crippen LogP contribution in [0.5, 0.6) is 11.5 Å². The molecule has 1 aliphatic rings. The standard InChI is InChI=1S/C27H30N2O3/c1-3-31-25-12-8-7-11-22(25)17-28-27(30)16-23-19-32-26-15-20(2)13-14-24(26)29(23)18-21-9-5-4-6-10-21/h4-15,23H,3,16-19H2,1-2H3,(H,28,30). The van der Waals surface area contributed by atoms with E-state index in [2.05, 4.69) is 47.5 Å². The van der Waals surface area contributed by atoms with Crippen LogP contribution < -0.4 is 19.7 Å². The molecule has 3 aromatic carbocycles. The lowest BCUT2D eigenvalue weighted by atomic mass is 10.0. The van der Waals surface area contributed by atoms with E-state index in [1.807, 2.05) is 49.4 Å². The topological polar surface area (TPSA) is 50.8 Å².